The van der Waals surface area contributed by atoms with Crippen molar-refractivity contribution < 1.29 is 4.79 Å². The van der Waals surface area contributed by atoms with Gasteiger partial charge in [0.15, 0.2) is 0 Å². The molecular formula is C25H27NO. The summed E-state index contributed by atoms with van der Waals surface area (Å²) in [6.45, 7) is 2.63. The van der Waals surface area contributed by atoms with E-state index in [1.807, 2.05) is 12.1 Å². The number of rotatable bonds is 8. The lowest BCUT2D eigenvalue weighted by Gasteiger charge is -2.06. The predicted octanol–water partition coefficient (Wildman–Crippen LogP) is 5.26. The highest BCUT2D eigenvalue weighted by atomic mass is 16.1. The lowest BCUT2D eigenvalue weighted by molar-refractivity contribution is -0.118. The summed E-state index contributed by atoms with van der Waals surface area (Å²) < 4.78 is 0. The molecule has 2 heteroatoms. The summed E-state index contributed by atoms with van der Waals surface area (Å²) >= 11 is 0. The standard InChI is InChI=1S/C25H27NO/c1-19-5-7-21(8-6-19)17-25(27)4-2-3-20-9-13-23(14-10-20)24-15-11-22(18-26)12-16-24/h5-16H,2-4,17-18,26H2,1H3. The van der Waals surface area contributed by atoms with Gasteiger partial charge in [0.2, 0.25) is 0 Å². The molecule has 0 aliphatic carbocycles. The summed E-state index contributed by atoms with van der Waals surface area (Å²) in [6.07, 6.45) is 3.01. The van der Waals surface area contributed by atoms with Gasteiger partial charge in [-0.25, -0.2) is 0 Å². The fourth-order valence-electron chi connectivity index (χ4n) is 3.21. The molecule has 0 radical (unpaired) electrons. The Bertz CT molecular complexity index is 862. The van der Waals surface area contributed by atoms with Crippen molar-refractivity contribution in [1.82, 2.24) is 0 Å². The van der Waals surface area contributed by atoms with E-state index in [9.17, 15) is 4.79 Å². The minimum Gasteiger partial charge on any atom is -0.326 e. The zero-order valence-corrected chi connectivity index (χ0v) is 15.9. The van der Waals surface area contributed by atoms with Crippen LogP contribution < -0.4 is 5.73 Å². The lowest BCUT2D eigenvalue weighted by Crippen LogP contribution is -2.03. The first kappa shape index (κ1) is 19.1. The first-order valence-electron chi connectivity index (χ1n) is 9.59. The average Bonchev–Trinajstić information content (AvgIpc) is 2.70. The van der Waals surface area contributed by atoms with Crippen molar-refractivity contribution in [2.45, 2.75) is 39.2 Å². The molecule has 2 nitrogen and oxygen atoms in total. The smallest absolute Gasteiger partial charge is 0.137 e. The molecular weight excluding hydrogens is 330 g/mol. The number of carbonyl (C=O) groups is 1. The van der Waals surface area contributed by atoms with Crippen LogP contribution in [0.25, 0.3) is 11.1 Å². The second-order valence-electron chi connectivity index (χ2n) is 7.15. The zero-order valence-electron chi connectivity index (χ0n) is 15.9. The Morgan fingerprint density at radius 2 is 1.26 bits per heavy atom. The second kappa shape index (κ2) is 9.29. The van der Waals surface area contributed by atoms with Crippen LogP contribution in [0.2, 0.25) is 0 Å². The fraction of sp³-hybridized carbons (Fsp3) is 0.240. The van der Waals surface area contributed by atoms with Crippen molar-refractivity contribution in [3.63, 3.8) is 0 Å². The Balaban J connectivity index is 1.48. The molecule has 0 fully saturated rings. The van der Waals surface area contributed by atoms with Crippen LogP contribution in [-0.4, -0.2) is 5.78 Å². The lowest BCUT2D eigenvalue weighted by atomic mass is 9.99. The molecule has 2 N–H and O–H groups in total. The van der Waals surface area contributed by atoms with Crippen molar-refractivity contribution >= 4 is 5.78 Å². The maximum atomic E-state index is 12.2. The van der Waals surface area contributed by atoms with Crippen molar-refractivity contribution in [3.05, 3.63) is 95.1 Å². The van der Waals surface area contributed by atoms with Gasteiger partial charge in [0, 0.05) is 19.4 Å². The molecule has 0 bridgehead atoms. The van der Waals surface area contributed by atoms with E-state index in [2.05, 4.69) is 67.6 Å². The number of nitrogens with two attached hydrogens (primary N) is 1. The average molecular weight is 357 g/mol. The van der Waals surface area contributed by atoms with Gasteiger partial charge in [0.25, 0.3) is 0 Å². The molecule has 0 amide bonds. The van der Waals surface area contributed by atoms with Gasteiger partial charge in [-0.3, -0.25) is 4.79 Å². The Morgan fingerprint density at radius 1 is 0.741 bits per heavy atom. The molecule has 0 atom stereocenters. The molecule has 3 aromatic carbocycles. The monoisotopic (exact) mass is 357 g/mol. The predicted molar refractivity (Wildman–Crippen MR) is 113 cm³/mol. The number of carbonyl (C=O) groups excluding carboxylic acids is 1. The van der Waals surface area contributed by atoms with Gasteiger partial charge in [0.05, 0.1) is 0 Å². The highest BCUT2D eigenvalue weighted by molar-refractivity contribution is 5.80. The third kappa shape index (κ3) is 5.63. The molecule has 0 heterocycles. The molecule has 3 aromatic rings. The summed E-state index contributed by atoms with van der Waals surface area (Å²) in [5.74, 6) is 0.315. The van der Waals surface area contributed by atoms with E-state index in [1.165, 1.54) is 22.3 Å². The van der Waals surface area contributed by atoms with Crippen LogP contribution in [0.5, 0.6) is 0 Å². The molecule has 0 unspecified atom stereocenters. The Hall–Kier alpha value is -2.71. The molecule has 3 rings (SSSR count). The summed E-state index contributed by atoms with van der Waals surface area (Å²) in [4.78, 5) is 12.2. The molecule has 0 aliphatic rings. The van der Waals surface area contributed by atoms with Crippen LogP contribution >= 0.6 is 0 Å². The minimum atomic E-state index is 0.315. The van der Waals surface area contributed by atoms with E-state index in [0.29, 0.717) is 25.2 Å². The molecule has 0 saturated carbocycles. The van der Waals surface area contributed by atoms with Crippen LogP contribution in [0.15, 0.2) is 72.8 Å². The SMILES string of the molecule is Cc1ccc(CC(=O)CCCc2ccc(-c3ccc(CN)cc3)cc2)cc1. The number of benzene rings is 3. The summed E-state index contributed by atoms with van der Waals surface area (Å²) in [7, 11) is 0. The maximum absolute atomic E-state index is 12.2. The molecule has 0 saturated heterocycles. The van der Waals surface area contributed by atoms with Crippen molar-refractivity contribution in [2.75, 3.05) is 0 Å². The topological polar surface area (TPSA) is 43.1 Å². The number of aryl methyl sites for hydroxylation is 2. The zero-order chi connectivity index (χ0) is 19.1. The van der Waals surface area contributed by atoms with E-state index < -0.39 is 0 Å². The van der Waals surface area contributed by atoms with Gasteiger partial charge in [0.1, 0.15) is 5.78 Å². The highest BCUT2D eigenvalue weighted by Crippen LogP contribution is 2.21. The Morgan fingerprint density at radius 3 is 1.81 bits per heavy atom. The third-order valence-corrected chi connectivity index (χ3v) is 4.92. The van der Waals surface area contributed by atoms with Gasteiger partial charge >= 0.3 is 0 Å². The van der Waals surface area contributed by atoms with Crippen LogP contribution in [0.1, 0.15) is 35.1 Å². The van der Waals surface area contributed by atoms with Crippen LogP contribution in [-0.2, 0) is 24.2 Å². The second-order valence-corrected chi connectivity index (χ2v) is 7.15. The maximum Gasteiger partial charge on any atom is 0.137 e. The van der Waals surface area contributed by atoms with Crippen LogP contribution in [0, 0.1) is 6.92 Å². The first-order valence-corrected chi connectivity index (χ1v) is 9.59. The van der Waals surface area contributed by atoms with Gasteiger partial charge < -0.3 is 5.73 Å². The normalized spacial score (nSPS) is 10.7. The number of hydrogen-bond acceptors (Lipinski definition) is 2. The van der Waals surface area contributed by atoms with Crippen molar-refractivity contribution in [1.29, 1.82) is 0 Å². The largest absolute Gasteiger partial charge is 0.326 e. The van der Waals surface area contributed by atoms with Crippen molar-refractivity contribution in [2.24, 2.45) is 5.73 Å². The minimum absolute atomic E-state index is 0.315. The van der Waals surface area contributed by atoms with E-state index >= 15 is 0 Å². The van der Waals surface area contributed by atoms with E-state index in [1.54, 1.807) is 0 Å². The molecule has 0 aliphatic heterocycles. The summed E-state index contributed by atoms with van der Waals surface area (Å²) in [5.41, 5.74) is 12.8. The molecule has 0 spiro atoms. The van der Waals surface area contributed by atoms with Gasteiger partial charge in [-0.05, 0) is 47.6 Å². The van der Waals surface area contributed by atoms with Gasteiger partial charge in [-0.15, -0.1) is 0 Å². The summed E-state index contributed by atoms with van der Waals surface area (Å²) in [6, 6.07) is 25.2. The number of hydrogen-bond donors (Lipinski definition) is 1. The number of Topliss-reactive ketones (excluding diaryl/α,β-unsaturated/α-hetero) is 1. The number of ketones is 1. The molecule has 138 valence electrons. The van der Waals surface area contributed by atoms with Gasteiger partial charge in [-0.2, -0.15) is 0 Å². The Kier molecular flexibility index (Phi) is 6.56. The summed E-state index contributed by atoms with van der Waals surface area (Å²) in [5, 5.41) is 0. The highest BCUT2D eigenvalue weighted by Gasteiger charge is 2.05. The van der Waals surface area contributed by atoms with E-state index in [4.69, 9.17) is 5.73 Å². The quantitative estimate of drug-likeness (QED) is 0.598. The van der Waals surface area contributed by atoms with Gasteiger partial charge in [-0.1, -0.05) is 78.4 Å². The molecule has 0 aromatic heterocycles. The molecule has 27 heavy (non-hydrogen) atoms. The third-order valence-electron chi connectivity index (χ3n) is 4.92. The first-order chi connectivity index (χ1) is 13.1. The van der Waals surface area contributed by atoms with E-state index in [-0.39, 0.29) is 0 Å². The van der Waals surface area contributed by atoms with Crippen LogP contribution in [0.4, 0.5) is 0 Å². The van der Waals surface area contributed by atoms with Crippen molar-refractivity contribution in [3.8, 4) is 11.1 Å². The van der Waals surface area contributed by atoms with E-state index in [0.717, 1.165) is 24.0 Å². The van der Waals surface area contributed by atoms with Crippen LogP contribution in [0.3, 0.4) is 0 Å². The fourth-order valence-corrected chi connectivity index (χ4v) is 3.21. The Labute approximate surface area is 162 Å².